The lowest BCUT2D eigenvalue weighted by Crippen LogP contribution is -2.24. The fourth-order valence-electron chi connectivity index (χ4n) is 3.84. The molecule has 2 atom stereocenters. The largest absolute Gasteiger partial charge is 0.371 e. The highest BCUT2D eigenvalue weighted by molar-refractivity contribution is 6.30. The highest BCUT2D eigenvalue weighted by Gasteiger charge is 2.36. The van der Waals surface area contributed by atoms with Gasteiger partial charge in [0.15, 0.2) is 0 Å². The molecule has 1 saturated carbocycles. The van der Waals surface area contributed by atoms with Gasteiger partial charge in [-0.05, 0) is 61.4 Å². The molecule has 1 N–H and O–H groups in total. The summed E-state index contributed by atoms with van der Waals surface area (Å²) in [6.45, 7) is 6.68. The molecule has 1 aliphatic carbocycles. The molecule has 0 radical (unpaired) electrons. The Bertz CT molecular complexity index is 448. The zero-order chi connectivity index (χ0) is 13.9. The van der Waals surface area contributed by atoms with Crippen LogP contribution in [0.2, 0.25) is 5.02 Å². The van der Waals surface area contributed by atoms with Gasteiger partial charge in [0.05, 0.1) is 0 Å². The Morgan fingerprint density at radius 1 is 1.25 bits per heavy atom. The first-order chi connectivity index (χ1) is 9.78. The van der Waals surface area contributed by atoms with E-state index in [-0.39, 0.29) is 0 Å². The first kappa shape index (κ1) is 14.2. The maximum Gasteiger partial charge on any atom is 0.0413 e. The van der Waals surface area contributed by atoms with Crippen molar-refractivity contribution in [3.8, 4) is 0 Å². The van der Waals surface area contributed by atoms with Gasteiger partial charge in [-0.3, -0.25) is 0 Å². The monoisotopic (exact) mass is 292 g/mol. The van der Waals surface area contributed by atoms with E-state index in [1.54, 1.807) is 0 Å². The number of hydrogen-bond acceptors (Lipinski definition) is 2. The summed E-state index contributed by atoms with van der Waals surface area (Å²) >= 11 is 6.19. The normalized spacial score (nSPS) is 25.2. The number of anilines is 1. The highest BCUT2D eigenvalue weighted by atomic mass is 35.5. The van der Waals surface area contributed by atoms with Crippen LogP contribution in [0.3, 0.4) is 0 Å². The Hall–Kier alpha value is -0.730. The molecule has 3 rings (SSSR count). The summed E-state index contributed by atoms with van der Waals surface area (Å²) in [5.41, 5.74) is 2.75. The summed E-state index contributed by atoms with van der Waals surface area (Å²) in [6, 6.07) is 6.38. The Morgan fingerprint density at radius 3 is 2.70 bits per heavy atom. The summed E-state index contributed by atoms with van der Waals surface area (Å²) in [5, 5.41) is 4.36. The zero-order valence-corrected chi connectivity index (χ0v) is 13.1. The summed E-state index contributed by atoms with van der Waals surface area (Å²) in [5.74, 6) is 1.87. The molecule has 1 saturated heterocycles. The fraction of sp³-hybridized carbons (Fsp3) is 0.647. The summed E-state index contributed by atoms with van der Waals surface area (Å²) in [6.07, 6.45) is 5.47. The van der Waals surface area contributed by atoms with Crippen molar-refractivity contribution in [3.05, 3.63) is 28.8 Å². The van der Waals surface area contributed by atoms with Crippen molar-refractivity contribution >= 4 is 17.3 Å². The molecule has 1 aliphatic heterocycles. The average molecular weight is 293 g/mol. The van der Waals surface area contributed by atoms with Gasteiger partial charge in [-0.2, -0.15) is 0 Å². The van der Waals surface area contributed by atoms with E-state index in [2.05, 4.69) is 29.3 Å². The molecule has 1 heterocycles. The van der Waals surface area contributed by atoms with Crippen molar-refractivity contribution in [2.75, 3.05) is 24.5 Å². The standard InChI is InChI=1S/C17H25ClN2/c1-2-8-19-10-15-9-16(18)6-7-17(15)20-11-13-4-3-5-14(13)12-20/h6-7,9,13-14,19H,2-5,8,10-12H2,1H3. The number of benzene rings is 1. The maximum atomic E-state index is 6.19. The quantitative estimate of drug-likeness (QED) is 0.823. The molecule has 2 nitrogen and oxygen atoms in total. The summed E-state index contributed by atoms with van der Waals surface area (Å²) in [7, 11) is 0. The van der Waals surface area contributed by atoms with Crippen LogP contribution in [0.4, 0.5) is 5.69 Å². The van der Waals surface area contributed by atoms with E-state index in [1.807, 2.05) is 6.07 Å². The molecule has 0 spiro atoms. The number of halogens is 1. The van der Waals surface area contributed by atoms with Crippen LogP contribution in [0, 0.1) is 11.8 Å². The van der Waals surface area contributed by atoms with Crippen LogP contribution >= 0.6 is 11.6 Å². The second-order valence-electron chi connectivity index (χ2n) is 6.31. The third-order valence-corrected chi connectivity index (χ3v) is 5.09. The van der Waals surface area contributed by atoms with E-state index in [1.165, 1.54) is 50.0 Å². The highest BCUT2D eigenvalue weighted by Crippen LogP contribution is 2.40. The van der Waals surface area contributed by atoms with E-state index < -0.39 is 0 Å². The van der Waals surface area contributed by atoms with Gasteiger partial charge in [0.1, 0.15) is 0 Å². The third-order valence-electron chi connectivity index (χ3n) is 4.85. The Balaban J connectivity index is 1.74. The molecule has 20 heavy (non-hydrogen) atoms. The third kappa shape index (κ3) is 2.96. The zero-order valence-electron chi connectivity index (χ0n) is 12.4. The van der Waals surface area contributed by atoms with E-state index in [4.69, 9.17) is 11.6 Å². The lowest BCUT2D eigenvalue weighted by atomic mass is 10.0. The fourth-order valence-corrected chi connectivity index (χ4v) is 4.03. The number of nitrogens with one attached hydrogen (secondary N) is 1. The predicted molar refractivity (Wildman–Crippen MR) is 86.5 cm³/mol. The molecule has 0 amide bonds. The maximum absolute atomic E-state index is 6.19. The van der Waals surface area contributed by atoms with Gasteiger partial charge in [0, 0.05) is 30.3 Å². The molecule has 3 heteroatoms. The Labute approximate surface area is 127 Å². The minimum absolute atomic E-state index is 0.849. The van der Waals surface area contributed by atoms with Crippen molar-refractivity contribution in [3.63, 3.8) is 0 Å². The molecule has 1 aromatic carbocycles. The van der Waals surface area contributed by atoms with Crippen LogP contribution in [-0.2, 0) is 6.54 Å². The molecule has 0 aromatic heterocycles. The van der Waals surface area contributed by atoms with E-state index in [9.17, 15) is 0 Å². The van der Waals surface area contributed by atoms with E-state index >= 15 is 0 Å². The Kier molecular flexibility index (Phi) is 4.52. The van der Waals surface area contributed by atoms with Crippen LogP contribution < -0.4 is 10.2 Å². The molecule has 2 fully saturated rings. The van der Waals surface area contributed by atoms with Gasteiger partial charge >= 0.3 is 0 Å². The average Bonchev–Trinajstić information content (AvgIpc) is 3.00. The molecule has 2 unspecified atom stereocenters. The number of hydrogen-bond donors (Lipinski definition) is 1. The van der Waals surface area contributed by atoms with Crippen LogP contribution in [0.15, 0.2) is 18.2 Å². The van der Waals surface area contributed by atoms with Crippen molar-refractivity contribution in [1.82, 2.24) is 5.32 Å². The topological polar surface area (TPSA) is 15.3 Å². The van der Waals surface area contributed by atoms with Crippen LogP contribution in [0.1, 0.15) is 38.2 Å². The smallest absolute Gasteiger partial charge is 0.0413 e. The van der Waals surface area contributed by atoms with Crippen molar-refractivity contribution in [2.24, 2.45) is 11.8 Å². The number of nitrogens with zero attached hydrogens (tertiary/aromatic N) is 1. The van der Waals surface area contributed by atoms with Crippen molar-refractivity contribution in [1.29, 1.82) is 0 Å². The van der Waals surface area contributed by atoms with Gasteiger partial charge < -0.3 is 10.2 Å². The first-order valence-electron chi connectivity index (χ1n) is 8.02. The van der Waals surface area contributed by atoms with Crippen molar-refractivity contribution < 1.29 is 0 Å². The van der Waals surface area contributed by atoms with Gasteiger partial charge in [-0.25, -0.2) is 0 Å². The molecule has 0 bridgehead atoms. The lowest BCUT2D eigenvalue weighted by molar-refractivity contribution is 0.494. The van der Waals surface area contributed by atoms with Gasteiger partial charge in [0.2, 0.25) is 0 Å². The summed E-state index contributed by atoms with van der Waals surface area (Å²) < 4.78 is 0. The first-order valence-corrected chi connectivity index (χ1v) is 8.40. The second kappa shape index (κ2) is 6.36. The minimum atomic E-state index is 0.849. The Morgan fingerprint density at radius 2 is 2.00 bits per heavy atom. The number of fused-ring (bicyclic) bond motifs is 1. The van der Waals surface area contributed by atoms with Crippen LogP contribution in [0.5, 0.6) is 0 Å². The summed E-state index contributed by atoms with van der Waals surface area (Å²) in [4.78, 5) is 2.59. The molecule has 2 aliphatic rings. The predicted octanol–water partition coefficient (Wildman–Crippen LogP) is 4.08. The van der Waals surface area contributed by atoms with E-state index in [0.29, 0.717) is 0 Å². The SMILES string of the molecule is CCCNCc1cc(Cl)ccc1N1CC2CCCC2C1. The minimum Gasteiger partial charge on any atom is -0.371 e. The van der Waals surface area contributed by atoms with E-state index in [0.717, 1.165) is 29.9 Å². The molecular formula is C17H25ClN2. The molecule has 1 aromatic rings. The molecular weight excluding hydrogens is 268 g/mol. The van der Waals surface area contributed by atoms with Crippen LogP contribution in [0.25, 0.3) is 0 Å². The van der Waals surface area contributed by atoms with Crippen LogP contribution in [-0.4, -0.2) is 19.6 Å². The second-order valence-corrected chi connectivity index (χ2v) is 6.74. The number of rotatable bonds is 5. The van der Waals surface area contributed by atoms with Gasteiger partial charge in [0.25, 0.3) is 0 Å². The van der Waals surface area contributed by atoms with Gasteiger partial charge in [-0.1, -0.05) is 24.9 Å². The van der Waals surface area contributed by atoms with Gasteiger partial charge in [-0.15, -0.1) is 0 Å². The van der Waals surface area contributed by atoms with Crippen molar-refractivity contribution in [2.45, 2.75) is 39.2 Å². The molecule has 110 valence electrons. The lowest BCUT2D eigenvalue weighted by Gasteiger charge is -2.23.